The van der Waals surface area contributed by atoms with E-state index in [2.05, 4.69) is 9.55 Å². The number of fused-ring (bicyclic) bond motifs is 2. The molecule has 24 heavy (non-hydrogen) atoms. The predicted molar refractivity (Wildman–Crippen MR) is 85.0 cm³/mol. The second-order valence-corrected chi connectivity index (χ2v) is 5.93. The molecule has 1 amide bonds. The minimum atomic E-state index is -0.0951. The maximum absolute atomic E-state index is 12.9. The van der Waals surface area contributed by atoms with E-state index >= 15 is 0 Å². The van der Waals surface area contributed by atoms with Gasteiger partial charge in [0.25, 0.3) is 5.91 Å². The van der Waals surface area contributed by atoms with Crippen LogP contribution >= 0.6 is 0 Å². The van der Waals surface area contributed by atoms with Crippen molar-refractivity contribution in [3.8, 4) is 11.5 Å². The first-order valence-electron chi connectivity index (χ1n) is 7.93. The average molecular weight is 329 g/mol. The van der Waals surface area contributed by atoms with Gasteiger partial charge in [-0.2, -0.15) is 0 Å². The van der Waals surface area contributed by atoms with Crippen LogP contribution in [-0.4, -0.2) is 40.8 Å². The zero-order chi connectivity index (χ0) is 16.7. The summed E-state index contributed by atoms with van der Waals surface area (Å²) < 4.78 is 18.0. The van der Waals surface area contributed by atoms with Crippen LogP contribution in [-0.2, 0) is 17.9 Å². The molecule has 0 N–H and O–H groups in total. The number of rotatable bonds is 3. The lowest BCUT2D eigenvalue weighted by Gasteiger charge is -2.34. The van der Waals surface area contributed by atoms with Crippen LogP contribution in [0.3, 0.4) is 0 Å². The van der Waals surface area contributed by atoms with Gasteiger partial charge in [-0.05, 0) is 25.1 Å². The molecule has 3 heterocycles. The summed E-state index contributed by atoms with van der Waals surface area (Å²) in [5, 5.41) is 0. The van der Waals surface area contributed by atoms with Crippen LogP contribution in [0, 0.1) is 0 Å². The van der Waals surface area contributed by atoms with Gasteiger partial charge in [0.15, 0.2) is 11.5 Å². The summed E-state index contributed by atoms with van der Waals surface area (Å²) in [5.41, 5.74) is 1.64. The summed E-state index contributed by atoms with van der Waals surface area (Å²) in [6.45, 7) is 4.07. The molecule has 126 valence electrons. The molecule has 1 aromatic carbocycles. The lowest BCUT2D eigenvalue weighted by atomic mass is 10.1. The fourth-order valence-electron chi connectivity index (χ4n) is 3.30. The number of carbonyl (C=O) groups is 1. The topological polar surface area (TPSA) is 65.8 Å². The highest BCUT2D eigenvalue weighted by molar-refractivity contribution is 5.95. The van der Waals surface area contributed by atoms with Crippen molar-refractivity contribution in [2.45, 2.75) is 26.1 Å². The number of carbonyl (C=O) groups excluding carboxylic acids is 1. The van der Waals surface area contributed by atoms with E-state index in [0.29, 0.717) is 36.8 Å². The van der Waals surface area contributed by atoms with Crippen molar-refractivity contribution in [2.24, 2.45) is 0 Å². The largest absolute Gasteiger partial charge is 0.454 e. The van der Waals surface area contributed by atoms with Crippen LogP contribution < -0.4 is 9.47 Å². The molecule has 7 heteroatoms. The molecule has 0 aliphatic carbocycles. The minimum Gasteiger partial charge on any atom is -0.454 e. The number of imidazole rings is 1. The van der Waals surface area contributed by atoms with Gasteiger partial charge in [0.05, 0.1) is 24.5 Å². The van der Waals surface area contributed by atoms with Crippen LogP contribution in [0.4, 0.5) is 0 Å². The third kappa shape index (κ3) is 2.32. The summed E-state index contributed by atoms with van der Waals surface area (Å²) in [6, 6.07) is 5.21. The van der Waals surface area contributed by atoms with E-state index in [0.717, 1.165) is 11.5 Å². The first-order valence-corrected chi connectivity index (χ1v) is 7.93. The fraction of sp³-hybridized carbons (Fsp3) is 0.412. The molecule has 0 spiro atoms. The first-order chi connectivity index (χ1) is 11.7. The second-order valence-electron chi connectivity index (χ2n) is 5.93. The van der Waals surface area contributed by atoms with Crippen LogP contribution in [0.15, 0.2) is 24.4 Å². The Morgan fingerprint density at radius 1 is 1.33 bits per heavy atom. The number of hydrogen-bond acceptors (Lipinski definition) is 5. The van der Waals surface area contributed by atoms with Crippen molar-refractivity contribution in [3.63, 3.8) is 0 Å². The molecule has 2 aliphatic rings. The van der Waals surface area contributed by atoms with Crippen molar-refractivity contribution in [1.82, 2.24) is 14.5 Å². The smallest absolute Gasteiger partial charge is 0.254 e. The van der Waals surface area contributed by atoms with Gasteiger partial charge in [-0.3, -0.25) is 4.79 Å². The van der Waals surface area contributed by atoms with Gasteiger partial charge in [0.2, 0.25) is 6.79 Å². The van der Waals surface area contributed by atoms with Gasteiger partial charge >= 0.3 is 0 Å². The zero-order valence-corrected chi connectivity index (χ0v) is 13.7. The minimum absolute atomic E-state index is 0.0247. The molecular weight excluding hydrogens is 310 g/mol. The van der Waals surface area contributed by atoms with Gasteiger partial charge in [0, 0.05) is 25.8 Å². The molecule has 0 saturated carbocycles. The van der Waals surface area contributed by atoms with E-state index in [1.165, 1.54) is 0 Å². The summed E-state index contributed by atoms with van der Waals surface area (Å²) in [4.78, 5) is 19.2. The Labute approximate surface area is 139 Å². The molecular formula is C17H19N3O4. The highest BCUT2D eigenvalue weighted by Gasteiger charge is 2.31. The van der Waals surface area contributed by atoms with Gasteiger partial charge < -0.3 is 23.7 Å². The van der Waals surface area contributed by atoms with E-state index in [-0.39, 0.29) is 18.7 Å². The number of hydrogen-bond donors (Lipinski definition) is 0. The van der Waals surface area contributed by atoms with Gasteiger partial charge in [-0.25, -0.2) is 4.98 Å². The maximum Gasteiger partial charge on any atom is 0.254 e. The molecule has 0 bridgehead atoms. The normalized spacial score (nSPS) is 18.6. The third-order valence-electron chi connectivity index (χ3n) is 4.55. The van der Waals surface area contributed by atoms with Crippen molar-refractivity contribution in [1.29, 1.82) is 0 Å². The van der Waals surface area contributed by atoms with Crippen LogP contribution in [0.1, 0.15) is 34.8 Å². The Hall–Kier alpha value is -2.54. The molecule has 1 aromatic heterocycles. The highest BCUT2D eigenvalue weighted by Crippen LogP contribution is 2.34. The summed E-state index contributed by atoms with van der Waals surface area (Å²) in [5.74, 6) is 2.16. The van der Waals surface area contributed by atoms with Crippen molar-refractivity contribution in [3.05, 3.63) is 41.5 Å². The molecule has 7 nitrogen and oxygen atoms in total. The molecule has 0 fully saturated rings. The summed E-state index contributed by atoms with van der Waals surface area (Å²) in [6.07, 6.45) is 1.82. The summed E-state index contributed by atoms with van der Waals surface area (Å²) >= 11 is 0. The fourth-order valence-corrected chi connectivity index (χ4v) is 3.30. The van der Waals surface area contributed by atoms with E-state index in [4.69, 9.17) is 14.2 Å². The third-order valence-corrected chi connectivity index (χ3v) is 4.55. The first kappa shape index (κ1) is 15.0. The van der Waals surface area contributed by atoms with Gasteiger partial charge in [0.1, 0.15) is 5.82 Å². The lowest BCUT2D eigenvalue weighted by molar-refractivity contribution is 0.0632. The monoisotopic (exact) mass is 329 g/mol. The molecule has 2 aliphatic heterocycles. The number of methoxy groups -OCH3 is 1. The lowest BCUT2D eigenvalue weighted by Crippen LogP contribution is -2.41. The molecule has 0 unspecified atom stereocenters. The van der Waals surface area contributed by atoms with Gasteiger partial charge in [-0.15, -0.1) is 0 Å². The molecule has 1 atom stereocenters. The quantitative estimate of drug-likeness (QED) is 0.861. The average Bonchev–Trinajstić information content (AvgIpc) is 3.21. The van der Waals surface area contributed by atoms with E-state index in [1.807, 2.05) is 18.0 Å². The van der Waals surface area contributed by atoms with Crippen molar-refractivity contribution in [2.75, 3.05) is 20.4 Å². The molecule has 0 radical (unpaired) electrons. The number of nitrogens with zero attached hydrogens (tertiary/aromatic N) is 3. The van der Waals surface area contributed by atoms with Crippen LogP contribution in [0.25, 0.3) is 0 Å². The Kier molecular flexibility index (Phi) is 3.65. The Morgan fingerprint density at radius 3 is 3.00 bits per heavy atom. The zero-order valence-electron chi connectivity index (χ0n) is 13.7. The maximum atomic E-state index is 12.9. The number of aromatic nitrogens is 2. The molecule has 2 aromatic rings. The second kappa shape index (κ2) is 5.83. The number of benzene rings is 1. The van der Waals surface area contributed by atoms with Crippen LogP contribution in [0.2, 0.25) is 0 Å². The van der Waals surface area contributed by atoms with E-state index < -0.39 is 0 Å². The van der Waals surface area contributed by atoms with Crippen LogP contribution in [0.5, 0.6) is 11.5 Å². The predicted octanol–water partition coefficient (Wildman–Crippen LogP) is 1.98. The van der Waals surface area contributed by atoms with Gasteiger partial charge in [-0.1, -0.05) is 0 Å². The van der Waals surface area contributed by atoms with Crippen molar-refractivity contribution >= 4 is 5.91 Å². The molecule has 0 saturated heterocycles. The number of ether oxygens (including phenoxy) is 3. The highest BCUT2D eigenvalue weighted by atomic mass is 16.7. The summed E-state index contributed by atoms with van der Waals surface area (Å²) in [7, 11) is 1.67. The Bertz CT molecular complexity index is 786. The van der Waals surface area contributed by atoms with E-state index in [1.54, 1.807) is 25.3 Å². The SMILES string of the molecule is COCc1cnc2n1CCN(C(=O)c1ccc3c(c1)OCO3)[C@H]2C. The molecule has 4 rings (SSSR count). The Morgan fingerprint density at radius 2 is 2.17 bits per heavy atom. The standard InChI is InChI=1S/C17H19N3O4/c1-11-16-18-8-13(9-22-2)20(16)6-5-19(11)17(21)12-3-4-14-15(7-12)24-10-23-14/h3-4,7-8,11H,5-6,9-10H2,1-2H3/t11-/m0/s1. The Balaban J connectivity index is 1.59. The van der Waals surface area contributed by atoms with Crippen molar-refractivity contribution < 1.29 is 19.0 Å². The number of amides is 1. The van der Waals surface area contributed by atoms with E-state index in [9.17, 15) is 4.79 Å².